The Morgan fingerprint density at radius 3 is 2.31 bits per heavy atom. The first-order chi connectivity index (χ1) is 15.2. The smallest absolute Gasteiger partial charge is 0.128 e. The third-order valence-electron chi connectivity index (χ3n) is 11.3. The lowest BCUT2D eigenvalue weighted by molar-refractivity contribution is -0.109. The number of nitrogens with zero attached hydrogens (tertiary/aromatic N) is 2. The van der Waals surface area contributed by atoms with Gasteiger partial charge in [0.05, 0.1) is 0 Å². The van der Waals surface area contributed by atoms with Crippen LogP contribution in [0.15, 0.2) is 11.1 Å². The van der Waals surface area contributed by atoms with Crippen molar-refractivity contribution in [1.82, 2.24) is 0 Å². The quantitative estimate of drug-likeness (QED) is 0.407. The van der Waals surface area contributed by atoms with Gasteiger partial charge in [-0.05, 0) is 116 Å². The molecule has 2 nitrogen and oxygen atoms in total. The van der Waals surface area contributed by atoms with Crippen molar-refractivity contribution >= 4 is 0 Å². The number of hydrogen-bond donors (Lipinski definition) is 0. The number of fused-ring (bicyclic) bond motifs is 5. The van der Waals surface area contributed by atoms with Crippen molar-refractivity contribution in [3.05, 3.63) is 11.1 Å². The van der Waals surface area contributed by atoms with Crippen LogP contribution in [0.2, 0.25) is 0 Å². The highest BCUT2D eigenvalue weighted by atomic mass is 14.6. The molecule has 8 unspecified atom stereocenters. The number of rotatable bonds is 5. The molecule has 0 amide bonds. The summed E-state index contributed by atoms with van der Waals surface area (Å²) in [6, 6.07) is 4.35. The highest BCUT2D eigenvalue weighted by Gasteiger charge is 2.60. The predicted octanol–water partition coefficient (Wildman–Crippen LogP) is 8.45. The van der Waals surface area contributed by atoms with Gasteiger partial charge in [-0.15, -0.1) is 0 Å². The molecule has 0 aromatic rings. The van der Waals surface area contributed by atoms with E-state index in [1.165, 1.54) is 64.2 Å². The molecule has 4 fully saturated rings. The molecule has 0 aliphatic heterocycles. The molecular formula is C30H46N2. The molecule has 0 N–H and O–H groups in total. The van der Waals surface area contributed by atoms with Gasteiger partial charge in [-0.3, -0.25) is 0 Å². The Bertz CT molecular complexity index is 794. The minimum Gasteiger partial charge on any atom is -0.192 e. The summed E-state index contributed by atoms with van der Waals surface area (Å²) in [5.74, 6) is 6.04. The molecule has 0 bridgehead atoms. The third kappa shape index (κ3) is 3.95. The molecule has 176 valence electrons. The lowest BCUT2D eigenvalue weighted by Crippen LogP contribution is -2.53. The van der Waals surface area contributed by atoms with Crippen molar-refractivity contribution in [3.8, 4) is 12.1 Å². The second kappa shape index (κ2) is 9.16. The zero-order valence-electron chi connectivity index (χ0n) is 21.4. The third-order valence-corrected chi connectivity index (χ3v) is 11.3. The first-order valence-electron chi connectivity index (χ1n) is 13.8. The van der Waals surface area contributed by atoms with Gasteiger partial charge in [-0.25, -0.2) is 0 Å². The monoisotopic (exact) mass is 434 g/mol. The van der Waals surface area contributed by atoms with Crippen LogP contribution in [0.25, 0.3) is 0 Å². The van der Waals surface area contributed by atoms with Crippen molar-refractivity contribution in [2.45, 2.75) is 112 Å². The Hall–Kier alpha value is -1.28. The van der Waals surface area contributed by atoms with E-state index in [0.717, 1.165) is 53.9 Å². The summed E-state index contributed by atoms with van der Waals surface area (Å²) in [6.07, 6.45) is 15.9. The van der Waals surface area contributed by atoms with Crippen molar-refractivity contribution in [1.29, 1.82) is 10.5 Å². The second-order valence-corrected chi connectivity index (χ2v) is 13.1. The average Bonchev–Trinajstić information content (AvgIpc) is 3.11. The zero-order chi connectivity index (χ0) is 23.1. The largest absolute Gasteiger partial charge is 0.192 e. The second-order valence-electron chi connectivity index (χ2n) is 13.1. The Morgan fingerprint density at radius 2 is 1.62 bits per heavy atom. The summed E-state index contributed by atoms with van der Waals surface area (Å²) in [6.45, 7) is 12.6. The summed E-state index contributed by atoms with van der Waals surface area (Å²) >= 11 is 0. The fraction of sp³-hybridized carbons (Fsp3) is 0.867. The van der Waals surface area contributed by atoms with E-state index in [2.05, 4.69) is 46.8 Å². The standard InChI is InChI=1S/C30H46N2/c1-20(2)7-6-8-21(3)26-11-12-27-25-10-9-24-17-22(23(18-31)19-32)13-15-29(24,4)28(25)14-16-30(26,27)5/h20-21,24-28H,6-17H2,1-5H3. The molecule has 32 heavy (non-hydrogen) atoms. The maximum atomic E-state index is 9.38. The van der Waals surface area contributed by atoms with Gasteiger partial charge in [0.2, 0.25) is 0 Å². The van der Waals surface area contributed by atoms with Crippen LogP contribution in [0.5, 0.6) is 0 Å². The Morgan fingerprint density at radius 1 is 0.906 bits per heavy atom. The molecule has 0 saturated heterocycles. The maximum Gasteiger partial charge on any atom is 0.128 e. The van der Waals surface area contributed by atoms with Crippen LogP contribution in [0.1, 0.15) is 112 Å². The van der Waals surface area contributed by atoms with Crippen LogP contribution in [0, 0.1) is 74.9 Å². The van der Waals surface area contributed by atoms with Gasteiger partial charge in [0, 0.05) is 0 Å². The minimum atomic E-state index is 0.412. The average molecular weight is 435 g/mol. The molecule has 2 heteroatoms. The minimum absolute atomic E-state index is 0.412. The van der Waals surface area contributed by atoms with E-state index >= 15 is 0 Å². The molecule has 4 aliphatic rings. The Kier molecular flexibility index (Phi) is 6.83. The van der Waals surface area contributed by atoms with Crippen molar-refractivity contribution in [2.75, 3.05) is 0 Å². The molecule has 0 aromatic heterocycles. The predicted molar refractivity (Wildman–Crippen MR) is 131 cm³/mol. The summed E-state index contributed by atoms with van der Waals surface area (Å²) < 4.78 is 0. The summed E-state index contributed by atoms with van der Waals surface area (Å²) in [5, 5.41) is 18.8. The van der Waals surface area contributed by atoms with Crippen LogP contribution in [-0.4, -0.2) is 0 Å². The molecule has 0 radical (unpaired) electrons. The summed E-state index contributed by atoms with van der Waals surface area (Å²) in [5.41, 5.74) is 2.56. The van der Waals surface area contributed by atoms with Gasteiger partial charge in [0.25, 0.3) is 0 Å². The van der Waals surface area contributed by atoms with E-state index in [0.29, 0.717) is 22.3 Å². The van der Waals surface area contributed by atoms with Crippen LogP contribution >= 0.6 is 0 Å². The fourth-order valence-corrected chi connectivity index (χ4v) is 9.51. The first-order valence-corrected chi connectivity index (χ1v) is 13.8. The first kappa shape index (κ1) is 23.9. The SMILES string of the molecule is CC(C)CCCC(C)C1CCC2C3CCC4CC(=C(C#N)C#N)CCC4(C)C3CCC12C. The van der Waals surface area contributed by atoms with Gasteiger partial charge in [0.15, 0.2) is 0 Å². The Labute approximate surface area is 197 Å². The molecule has 0 aromatic carbocycles. The number of allylic oxidation sites excluding steroid dienone is 2. The van der Waals surface area contributed by atoms with Crippen LogP contribution in [-0.2, 0) is 0 Å². The Balaban J connectivity index is 1.48. The molecular weight excluding hydrogens is 388 g/mol. The van der Waals surface area contributed by atoms with Crippen molar-refractivity contribution in [2.24, 2.45) is 52.3 Å². The van der Waals surface area contributed by atoms with E-state index in [4.69, 9.17) is 0 Å². The highest BCUT2D eigenvalue weighted by Crippen LogP contribution is 2.68. The molecule has 4 aliphatic carbocycles. The van der Waals surface area contributed by atoms with Gasteiger partial charge in [0.1, 0.15) is 17.7 Å². The molecule has 0 spiro atoms. The lowest BCUT2D eigenvalue weighted by atomic mass is 9.44. The van der Waals surface area contributed by atoms with E-state index < -0.39 is 0 Å². The molecule has 4 rings (SSSR count). The van der Waals surface area contributed by atoms with Crippen molar-refractivity contribution in [3.63, 3.8) is 0 Å². The van der Waals surface area contributed by atoms with E-state index in [1.807, 2.05) is 0 Å². The summed E-state index contributed by atoms with van der Waals surface area (Å²) in [4.78, 5) is 0. The van der Waals surface area contributed by atoms with Gasteiger partial charge in [-0.2, -0.15) is 10.5 Å². The lowest BCUT2D eigenvalue weighted by Gasteiger charge is -2.61. The summed E-state index contributed by atoms with van der Waals surface area (Å²) in [7, 11) is 0. The zero-order valence-corrected chi connectivity index (χ0v) is 21.4. The molecule has 0 heterocycles. The van der Waals surface area contributed by atoms with Crippen LogP contribution in [0.4, 0.5) is 0 Å². The van der Waals surface area contributed by atoms with Gasteiger partial charge >= 0.3 is 0 Å². The number of hydrogen-bond acceptors (Lipinski definition) is 2. The van der Waals surface area contributed by atoms with E-state index in [9.17, 15) is 10.5 Å². The van der Waals surface area contributed by atoms with Gasteiger partial charge in [-0.1, -0.05) is 53.9 Å². The molecule has 4 saturated carbocycles. The van der Waals surface area contributed by atoms with Crippen LogP contribution < -0.4 is 0 Å². The normalized spacial score (nSPS) is 41.8. The van der Waals surface area contributed by atoms with E-state index in [1.54, 1.807) is 0 Å². The fourth-order valence-electron chi connectivity index (χ4n) is 9.51. The van der Waals surface area contributed by atoms with E-state index in [-0.39, 0.29) is 0 Å². The maximum absolute atomic E-state index is 9.38. The van der Waals surface area contributed by atoms with Crippen molar-refractivity contribution < 1.29 is 0 Å². The number of nitriles is 2. The highest BCUT2D eigenvalue weighted by molar-refractivity contribution is 5.41. The topological polar surface area (TPSA) is 47.6 Å². The van der Waals surface area contributed by atoms with Gasteiger partial charge < -0.3 is 0 Å². The van der Waals surface area contributed by atoms with Crippen LogP contribution in [0.3, 0.4) is 0 Å². The molecule has 8 atom stereocenters.